The van der Waals surface area contributed by atoms with Crippen molar-refractivity contribution in [3.05, 3.63) is 136 Å². The molecule has 2 nitrogen and oxygen atoms in total. The molecule has 0 aliphatic carbocycles. The Morgan fingerprint density at radius 2 is 1.09 bits per heavy atom. The van der Waals surface area contributed by atoms with Gasteiger partial charge in [0.2, 0.25) is 6.33 Å². The van der Waals surface area contributed by atoms with Gasteiger partial charge in [0, 0.05) is 21.2 Å². The van der Waals surface area contributed by atoms with Crippen LogP contribution >= 0.6 is 23.2 Å². The molecule has 35 heavy (non-hydrogen) atoms. The summed E-state index contributed by atoms with van der Waals surface area (Å²) in [4.78, 5) is 0. The smallest absolute Gasteiger partial charge is 0.225 e. The van der Waals surface area contributed by atoms with Gasteiger partial charge < -0.3 is 0 Å². The Kier molecular flexibility index (Phi) is 6.77. The normalized spacial score (nSPS) is 11.1. The lowest BCUT2D eigenvalue weighted by atomic mass is 10.0. The van der Waals surface area contributed by atoms with Gasteiger partial charge in [0.05, 0.1) is 0 Å². The van der Waals surface area contributed by atoms with E-state index in [0.717, 1.165) is 45.6 Å². The summed E-state index contributed by atoms with van der Waals surface area (Å²) in [5, 5.41) is 1.46. The van der Waals surface area contributed by atoms with E-state index < -0.39 is 0 Å². The van der Waals surface area contributed by atoms with Gasteiger partial charge in [0.1, 0.15) is 13.1 Å². The maximum Gasteiger partial charge on any atom is 0.245 e. The quantitative estimate of drug-likeness (QED) is 0.209. The molecule has 0 unspecified atom stereocenters. The van der Waals surface area contributed by atoms with Crippen LogP contribution in [-0.2, 0) is 13.1 Å². The fraction of sp³-hybridized carbons (Fsp3) is 0.129. The van der Waals surface area contributed by atoms with Crippen molar-refractivity contribution >= 4 is 23.2 Å². The fourth-order valence-corrected chi connectivity index (χ4v) is 4.65. The van der Waals surface area contributed by atoms with E-state index in [9.17, 15) is 0 Å². The molecule has 0 saturated heterocycles. The highest BCUT2D eigenvalue weighted by Gasteiger charge is 2.26. The molecule has 1 heterocycles. The van der Waals surface area contributed by atoms with E-state index >= 15 is 0 Å². The van der Waals surface area contributed by atoms with Crippen LogP contribution in [0.25, 0.3) is 22.5 Å². The first kappa shape index (κ1) is 23.4. The van der Waals surface area contributed by atoms with E-state index in [1.54, 1.807) is 0 Å². The molecule has 0 N–H and O–H groups in total. The number of halogens is 2. The summed E-state index contributed by atoms with van der Waals surface area (Å²) < 4.78 is 4.68. The van der Waals surface area contributed by atoms with Crippen LogP contribution in [0.2, 0.25) is 10.0 Å². The van der Waals surface area contributed by atoms with Crippen LogP contribution in [0.1, 0.15) is 22.3 Å². The average Bonchev–Trinajstić information content (AvgIpc) is 3.20. The van der Waals surface area contributed by atoms with E-state index in [1.807, 2.05) is 24.3 Å². The Bertz CT molecular complexity index is 1320. The maximum absolute atomic E-state index is 6.26. The molecule has 174 valence electrons. The molecule has 0 radical (unpaired) electrons. The first-order valence-electron chi connectivity index (χ1n) is 11.7. The molecule has 5 aromatic rings. The molecule has 0 bridgehead atoms. The number of imidazole rings is 1. The molecular formula is C31H27Cl2N2+. The summed E-state index contributed by atoms with van der Waals surface area (Å²) in [5.74, 6) is 0. The number of hydrogen-bond acceptors (Lipinski definition) is 0. The SMILES string of the molecule is Cc1ccc(Cn2c[n+](Cc3ccc(C)cc3)c(-c3ccc(Cl)cc3)c2-c2ccc(Cl)cc2)cc1. The van der Waals surface area contributed by atoms with E-state index in [-0.39, 0.29) is 0 Å². The Balaban J connectivity index is 1.71. The van der Waals surface area contributed by atoms with Gasteiger partial charge in [-0.1, -0.05) is 82.9 Å². The number of aryl methyl sites for hydroxylation is 2. The first-order valence-corrected chi connectivity index (χ1v) is 12.5. The predicted molar refractivity (Wildman–Crippen MR) is 146 cm³/mol. The van der Waals surface area contributed by atoms with Gasteiger partial charge in [-0.15, -0.1) is 0 Å². The van der Waals surface area contributed by atoms with Gasteiger partial charge >= 0.3 is 0 Å². The van der Waals surface area contributed by atoms with Crippen molar-refractivity contribution in [2.24, 2.45) is 0 Å². The second-order valence-corrected chi connectivity index (χ2v) is 9.93. The molecule has 0 aliphatic rings. The minimum atomic E-state index is 0.728. The van der Waals surface area contributed by atoms with Crippen LogP contribution in [0.3, 0.4) is 0 Å². The second-order valence-electron chi connectivity index (χ2n) is 9.05. The first-order chi connectivity index (χ1) is 17.0. The van der Waals surface area contributed by atoms with Crippen molar-refractivity contribution in [3.63, 3.8) is 0 Å². The Morgan fingerprint density at radius 1 is 0.600 bits per heavy atom. The van der Waals surface area contributed by atoms with Crippen molar-refractivity contribution in [2.45, 2.75) is 26.9 Å². The standard InChI is InChI=1S/C31H27Cl2N2/c1-22-3-7-24(8-4-22)19-34-21-35(20-25-9-5-23(2)6-10-25)31(27-13-17-29(33)18-14-27)30(34)26-11-15-28(32)16-12-26/h3-18,21H,19-20H2,1-2H3/q+1. The number of aromatic nitrogens is 2. The Hall–Kier alpha value is -3.33. The third kappa shape index (κ3) is 5.35. The van der Waals surface area contributed by atoms with E-state index in [0.29, 0.717) is 0 Å². The molecule has 4 aromatic carbocycles. The van der Waals surface area contributed by atoms with Crippen molar-refractivity contribution in [2.75, 3.05) is 0 Å². The highest BCUT2D eigenvalue weighted by atomic mass is 35.5. The summed E-state index contributed by atoms with van der Waals surface area (Å²) in [7, 11) is 0. The monoisotopic (exact) mass is 497 g/mol. The summed E-state index contributed by atoms with van der Waals surface area (Å²) >= 11 is 12.5. The molecule has 0 atom stereocenters. The zero-order chi connectivity index (χ0) is 24.4. The molecule has 5 rings (SSSR count). The number of hydrogen-bond donors (Lipinski definition) is 0. The molecule has 0 saturated carbocycles. The van der Waals surface area contributed by atoms with Crippen LogP contribution in [0.5, 0.6) is 0 Å². The zero-order valence-electron chi connectivity index (χ0n) is 19.9. The van der Waals surface area contributed by atoms with E-state index in [2.05, 4.69) is 102 Å². The molecule has 0 fully saturated rings. The minimum absolute atomic E-state index is 0.728. The lowest BCUT2D eigenvalue weighted by molar-refractivity contribution is -0.677. The number of rotatable bonds is 6. The van der Waals surface area contributed by atoms with Crippen LogP contribution in [0, 0.1) is 13.8 Å². The van der Waals surface area contributed by atoms with Gasteiger partial charge in [-0.2, -0.15) is 0 Å². The van der Waals surface area contributed by atoms with Crippen molar-refractivity contribution in [1.29, 1.82) is 0 Å². The minimum Gasteiger partial charge on any atom is -0.225 e. The van der Waals surface area contributed by atoms with Gasteiger partial charge in [0.25, 0.3) is 0 Å². The third-order valence-electron chi connectivity index (χ3n) is 6.26. The fourth-order valence-electron chi connectivity index (χ4n) is 4.40. The highest BCUT2D eigenvalue weighted by molar-refractivity contribution is 6.31. The number of benzene rings is 4. The van der Waals surface area contributed by atoms with E-state index in [4.69, 9.17) is 23.2 Å². The van der Waals surface area contributed by atoms with Crippen LogP contribution in [-0.4, -0.2) is 4.57 Å². The van der Waals surface area contributed by atoms with Gasteiger partial charge in [-0.05, 0) is 73.5 Å². The van der Waals surface area contributed by atoms with E-state index in [1.165, 1.54) is 22.3 Å². The van der Waals surface area contributed by atoms with Crippen LogP contribution in [0.4, 0.5) is 0 Å². The molecule has 0 amide bonds. The summed E-state index contributed by atoms with van der Waals surface area (Å²) in [6, 6.07) is 33.7. The zero-order valence-corrected chi connectivity index (χ0v) is 21.4. The Labute approximate surface area is 217 Å². The average molecular weight is 498 g/mol. The largest absolute Gasteiger partial charge is 0.245 e. The maximum atomic E-state index is 6.26. The molecular weight excluding hydrogens is 471 g/mol. The molecule has 0 aliphatic heterocycles. The molecule has 0 spiro atoms. The Morgan fingerprint density at radius 3 is 1.63 bits per heavy atom. The van der Waals surface area contributed by atoms with Crippen LogP contribution in [0.15, 0.2) is 103 Å². The predicted octanol–water partition coefficient (Wildman–Crippen LogP) is 8.13. The third-order valence-corrected chi connectivity index (χ3v) is 6.76. The van der Waals surface area contributed by atoms with Crippen molar-refractivity contribution in [3.8, 4) is 22.5 Å². The van der Waals surface area contributed by atoms with Gasteiger partial charge in [-0.25, -0.2) is 9.13 Å². The van der Waals surface area contributed by atoms with Crippen LogP contribution < -0.4 is 4.57 Å². The van der Waals surface area contributed by atoms with Crippen molar-refractivity contribution in [1.82, 2.24) is 4.57 Å². The lowest BCUT2D eigenvalue weighted by Gasteiger charge is -2.08. The summed E-state index contributed by atoms with van der Waals surface area (Å²) in [6.07, 6.45) is 2.23. The summed E-state index contributed by atoms with van der Waals surface area (Å²) in [5.41, 5.74) is 9.57. The molecule has 4 heteroatoms. The lowest BCUT2D eigenvalue weighted by Crippen LogP contribution is -2.34. The highest BCUT2D eigenvalue weighted by Crippen LogP contribution is 2.32. The van der Waals surface area contributed by atoms with Crippen molar-refractivity contribution < 1.29 is 4.57 Å². The molecule has 1 aromatic heterocycles. The van der Waals surface area contributed by atoms with Gasteiger partial charge in [-0.3, -0.25) is 0 Å². The topological polar surface area (TPSA) is 8.81 Å². The second kappa shape index (κ2) is 10.1. The number of nitrogens with zero attached hydrogens (tertiary/aromatic N) is 2. The van der Waals surface area contributed by atoms with Gasteiger partial charge in [0.15, 0.2) is 11.4 Å². The summed E-state index contributed by atoms with van der Waals surface area (Å²) in [6.45, 7) is 5.76.